The highest BCUT2D eigenvalue weighted by Gasteiger charge is 2.23. The summed E-state index contributed by atoms with van der Waals surface area (Å²) in [5.74, 6) is 0.841. The fourth-order valence-corrected chi connectivity index (χ4v) is 2.51. The molecule has 0 aromatic heterocycles. The predicted octanol–water partition coefficient (Wildman–Crippen LogP) is 2.23. The van der Waals surface area contributed by atoms with Gasteiger partial charge in [-0.05, 0) is 50.3 Å². The predicted molar refractivity (Wildman–Crippen MR) is 79.6 cm³/mol. The van der Waals surface area contributed by atoms with Crippen LogP contribution in [-0.4, -0.2) is 30.0 Å². The zero-order valence-electron chi connectivity index (χ0n) is 12.4. The summed E-state index contributed by atoms with van der Waals surface area (Å²) >= 11 is 0. The van der Waals surface area contributed by atoms with Crippen LogP contribution < -0.4 is 10.5 Å². The van der Waals surface area contributed by atoms with Crippen LogP contribution in [-0.2, 0) is 11.3 Å². The van der Waals surface area contributed by atoms with Crippen molar-refractivity contribution in [2.45, 2.75) is 45.8 Å². The Morgan fingerprint density at radius 1 is 1.35 bits per heavy atom. The van der Waals surface area contributed by atoms with Gasteiger partial charge < -0.3 is 15.4 Å². The van der Waals surface area contributed by atoms with E-state index in [0.717, 1.165) is 42.8 Å². The molecule has 1 amide bonds. The van der Waals surface area contributed by atoms with E-state index in [1.165, 1.54) is 6.42 Å². The van der Waals surface area contributed by atoms with Crippen LogP contribution in [0.15, 0.2) is 18.2 Å². The first-order valence-electron chi connectivity index (χ1n) is 7.37. The number of nitrogens with two attached hydrogens (primary N) is 1. The van der Waals surface area contributed by atoms with E-state index in [1.54, 1.807) is 0 Å². The minimum absolute atomic E-state index is 0.0854. The van der Waals surface area contributed by atoms with Crippen molar-refractivity contribution in [2.24, 2.45) is 5.73 Å². The quantitative estimate of drug-likeness (QED) is 0.917. The molecule has 4 heteroatoms. The zero-order chi connectivity index (χ0) is 14.5. The molecule has 110 valence electrons. The van der Waals surface area contributed by atoms with E-state index in [1.807, 2.05) is 36.9 Å². The summed E-state index contributed by atoms with van der Waals surface area (Å²) in [6, 6.07) is 5.89. The molecular weight excluding hydrogens is 252 g/mol. The molecule has 1 aliphatic heterocycles. The van der Waals surface area contributed by atoms with Gasteiger partial charge in [0.25, 0.3) is 5.91 Å². The Labute approximate surface area is 120 Å². The molecule has 1 fully saturated rings. The van der Waals surface area contributed by atoms with Gasteiger partial charge in [0.15, 0.2) is 6.10 Å². The van der Waals surface area contributed by atoms with Gasteiger partial charge in [-0.2, -0.15) is 0 Å². The average Bonchev–Trinajstić information content (AvgIpc) is 2.49. The molecule has 0 saturated carbocycles. The fourth-order valence-electron chi connectivity index (χ4n) is 2.51. The van der Waals surface area contributed by atoms with E-state index < -0.39 is 6.10 Å². The second kappa shape index (κ2) is 6.75. The molecule has 0 aliphatic carbocycles. The van der Waals surface area contributed by atoms with Gasteiger partial charge in [0, 0.05) is 19.6 Å². The highest BCUT2D eigenvalue weighted by molar-refractivity contribution is 5.81. The van der Waals surface area contributed by atoms with Gasteiger partial charge in [-0.1, -0.05) is 12.1 Å². The summed E-state index contributed by atoms with van der Waals surface area (Å²) in [4.78, 5) is 14.3. The third-order valence-corrected chi connectivity index (χ3v) is 3.81. The monoisotopic (exact) mass is 276 g/mol. The van der Waals surface area contributed by atoms with Crippen LogP contribution in [0.25, 0.3) is 0 Å². The maximum Gasteiger partial charge on any atom is 0.263 e. The molecule has 4 nitrogen and oxygen atoms in total. The maximum atomic E-state index is 12.3. The second-order valence-corrected chi connectivity index (χ2v) is 5.45. The molecule has 1 aliphatic rings. The first kappa shape index (κ1) is 14.9. The number of hydrogen-bond donors (Lipinski definition) is 1. The number of carbonyl (C=O) groups is 1. The van der Waals surface area contributed by atoms with Gasteiger partial charge >= 0.3 is 0 Å². The molecular formula is C16H24N2O2. The van der Waals surface area contributed by atoms with Gasteiger partial charge in [-0.3, -0.25) is 4.79 Å². The van der Waals surface area contributed by atoms with E-state index >= 15 is 0 Å². The number of carbonyl (C=O) groups excluding carboxylic acids is 1. The number of ether oxygens (including phenoxy) is 1. The lowest BCUT2D eigenvalue weighted by Crippen LogP contribution is -2.43. The van der Waals surface area contributed by atoms with Crippen molar-refractivity contribution in [1.29, 1.82) is 0 Å². The van der Waals surface area contributed by atoms with Crippen molar-refractivity contribution < 1.29 is 9.53 Å². The number of amides is 1. The highest BCUT2D eigenvalue weighted by Crippen LogP contribution is 2.21. The van der Waals surface area contributed by atoms with Crippen molar-refractivity contribution in [3.05, 3.63) is 29.3 Å². The summed E-state index contributed by atoms with van der Waals surface area (Å²) in [6.45, 7) is 5.99. The van der Waals surface area contributed by atoms with Crippen LogP contribution in [0.5, 0.6) is 5.75 Å². The Hall–Kier alpha value is -1.55. The van der Waals surface area contributed by atoms with E-state index in [9.17, 15) is 4.79 Å². The molecule has 0 spiro atoms. The van der Waals surface area contributed by atoms with E-state index in [2.05, 4.69) is 0 Å². The van der Waals surface area contributed by atoms with Crippen LogP contribution in [0.2, 0.25) is 0 Å². The molecule has 2 rings (SSSR count). The number of benzene rings is 1. The normalized spacial score (nSPS) is 16.9. The Bertz CT molecular complexity index is 468. The van der Waals surface area contributed by atoms with Gasteiger partial charge in [-0.15, -0.1) is 0 Å². The first-order valence-corrected chi connectivity index (χ1v) is 7.37. The Balaban J connectivity index is 2.03. The molecule has 1 aromatic rings. The molecule has 1 aromatic carbocycles. The second-order valence-electron chi connectivity index (χ2n) is 5.45. The third kappa shape index (κ3) is 3.51. The standard InChI is InChI=1S/C16H24N2O2/c1-12-6-7-14(11-17)10-15(12)20-13(2)16(19)18-8-4-3-5-9-18/h6-7,10,13H,3-5,8-9,11,17H2,1-2H3. The summed E-state index contributed by atoms with van der Waals surface area (Å²) in [7, 11) is 0. The van der Waals surface area contributed by atoms with Crippen molar-refractivity contribution >= 4 is 5.91 Å². The van der Waals surface area contributed by atoms with Gasteiger partial charge in [0.05, 0.1) is 0 Å². The van der Waals surface area contributed by atoms with E-state index in [0.29, 0.717) is 6.54 Å². The van der Waals surface area contributed by atoms with Crippen LogP contribution in [0, 0.1) is 6.92 Å². The van der Waals surface area contributed by atoms with Crippen molar-refractivity contribution in [1.82, 2.24) is 4.90 Å². The van der Waals surface area contributed by atoms with Gasteiger partial charge in [0.1, 0.15) is 5.75 Å². The zero-order valence-corrected chi connectivity index (χ0v) is 12.4. The van der Waals surface area contributed by atoms with Crippen LogP contribution in [0.4, 0.5) is 0 Å². The van der Waals surface area contributed by atoms with Crippen molar-refractivity contribution in [2.75, 3.05) is 13.1 Å². The molecule has 1 heterocycles. The minimum atomic E-state index is -0.445. The van der Waals surface area contributed by atoms with Crippen LogP contribution in [0.1, 0.15) is 37.3 Å². The number of rotatable bonds is 4. The molecule has 2 N–H and O–H groups in total. The number of aryl methyl sites for hydroxylation is 1. The van der Waals surface area contributed by atoms with Crippen LogP contribution >= 0.6 is 0 Å². The van der Waals surface area contributed by atoms with Gasteiger partial charge in [0.2, 0.25) is 0 Å². The molecule has 1 atom stereocenters. The summed E-state index contributed by atoms with van der Waals surface area (Å²) in [5, 5.41) is 0. The summed E-state index contributed by atoms with van der Waals surface area (Å²) in [6.07, 6.45) is 2.97. The lowest BCUT2D eigenvalue weighted by atomic mass is 10.1. The van der Waals surface area contributed by atoms with Crippen LogP contribution in [0.3, 0.4) is 0 Å². The number of piperidine rings is 1. The Morgan fingerprint density at radius 3 is 2.70 bits per heavy atom. The maximum absolute atomic E-state index is 12.3. The summed E-state index contributed by atoms with van der Waals surface area (Å²) < 4.78 is 5.86. The van der Waals surface area contributed by atoms with E-state index in [4.69, 9.17) is 10.5 Å². The Kier molecular flexibility index (Phi) is 5.01. The molecule has 0 radical (unpaired) electrons. The molecule has 1 unspecified atom stereocenters. The molecule has 1 saturated heterocycles. The van der Waals surface area contributed by atoms with E-state index in [-0.39, 0.29) is 5.91 Å². The number of likely N-dealkylation sites (tertiary alicyclic amines) is 1. The highest BCUT2D eigenvalue weighted by atomic mass is 16.5. The fraction of sp³-hybridized carbons (Fsp3) is 0.562. The van der Waals surface area contributed by atoms with Gasteiger partial charge in [-0.25, -0.2) is 0 Å². The lowest BCUT2D eigenvalue weighted by Gasteiger charge is -2.29. The third-order valence-electron chi connectivity index (χ3n) is 3.81. The summed E-state index contributed by atoms with van der Waals surface area (Å²) in [5.41, 5.74) is 7.69. The smallest absolute Gasteiger partial charge is 0.263 e. The Morgan fingerprint density at radius 2 is 2.05 bits per heavy atom. The average molecular weight is 276 g/mol. The largest absolute Gasteiger partial charge is 0.481 e. The molecule has 0 bridgehead atoms. The number of nitrogens with zero attached hydrogens (tertiary/aromatic N) is 1. The first-order chi connectivity index (χ1) is 9.61. The molecule has 20 heavy (non-hydrogen) atoms. The SMILES string of the molecule is Cc1ccc(CN)cc1OC(C)C(=O)N1CCCCC1. The topological polar surface area (TPSA) is 55.6 Å². The number of hydrogen-bond acceptors (Lipinski definition) is 3. The minimum Gasteiger partial charge on any atom is -0.481 e. The van der Waals surface area contributed by atoms with Crippen molar-refractivity contribution in [3.63, 3.8) is 0 Å². The van der Waals surface area contributed by atoms with Crippen molar-refractivity contribution in [3.8, 4) is 5.75 Å². The lowest BCUT2D eigenvalue weighted by molar-refractivity contribution is -0.138.